The summed E-state index contributed by atoms with van der Waals surface area (Å²) in [6.45, 7) is 7.15. The Labute approximate surface area is 161 Å². The van der Waals surface area contributed by atoms with Gasteiger partial charge in [-0.05, 0) is 31.4 Å². The summed E-state index contributed by atoms with van der Waals surface area (Å²) in [5.74, 6) is -0.344. The van der Waals surface area contributed by atoms with Gasteiger partial charge >= 0.3 is 6.18 Å². The van der Waals surface area contributed by atoms with Crippen LogP contribution in [0, 0.1) is 0 Å². The molecule has 0 radical (unpaired) electrons. The maximum Gasteiger partial charge on any atom is 0.433 e. The second kappa shape index (κ2) is 9.16. The Morgan fingerprint density at radius 1 is 1.39 bits per heavy atom. The molecule has 0 spiro atoms. The minimum atomic E-state index is -4.55. The van der Waals surface area contributed by atoms with Gasteiger partial charge < -0.3 is 11.1 Å². The van der Waals surface area contributed by atoms with E-state index in [2.05, 4.69) is 28.5 Å². The Morgan fingerprint density at radius 3 is 2.79 bits per heavy atom. The number of halogens is 3. The Kier molecular flexibility index (Phi) is 6.92. The number of nitrogens with zero attached hydrogens (tertiary/aromatic N) is 2. The predicted molar refractivity (Wildman–Crippen MR) is 103 cm³/mol. The van der Waals surface area contributed by atoms with Gasteiger partial charge in [-0.25, -0.2) is 0 Å². The lowest BCUT2D eigenvalue weighted by Gasteiger charge is -2.26. The van der Waals surface area contributed by atoms with Crippen LogP contribution in [0.25, 0.3) is 0 Å². The fraction of sp³-hybridized carbons (Fsp3) is 0.250. The van der Waals surface area contributed by atoms with E-state index < -0.39 is 17.9 Å². The molecule has 28 heavy (non-hydrogen) atoms. The monoisotopic (exact) mass is 390 g/mol. The molecule has 1 heterocycles. The number of nitrogens with two attached hydrogens (primary N) is 1. The van der Waals surface area contributed by atoms with Gasteiger partial charge in [-0.2, -0.15) is 13.2 Å². The quantitative estimate of drug-likeness (QED) is 0.438. The SMILES string of the molecule is C=C/C=C(\C=C)C(=O)NC1CCCC(N)=C1C=Nc1ccnc(C(F)(F)F)c1. The van der Waals surface area contributed by atoms with Crippen molar-refractivity contribution in [3.05, 3.63) is 72.3 Å². The molecule has 8 heteroatoms. The fourth-order valence-electron chi connectivity index (χ4n) is 2.75. The summed E-state index contributed by atoms with van der Waals surface area (Å²) in [5, 5.41) is 2.86. The van der Waals surface area contributed by atoms with E-state index in [-0.39, 0.29) is 11.6 Å². The summed E-state index contributed by atoms with van der Waals surface area (Å²) in [5.41, 5.74) is 6.60. The van der Waals surface area contributed by atoms with E-state index in [9.17, 15) is 18.0 Å². The van der Waals surface area contributed by atoms with Gasteiger partial charge in [0.2, 0.25) is 0 Å². The van der Waals surface area contributed by atoms with Gasteiger partial charge in [0.1, 0.15) is 5.69 Å². The van der Waals surface area contributed by atoms with Crippen LogP contribution in [0.3, 0.4) is 0 Å². The summed E-state index contributed by atoms with van der Waals surface area (Å²) in [7, 11) is 0. The molecule has 148 valence electrons. The molecule has 1 aliphatic rings. The van der Waals surface area contributed by atoms with Crippen molar-refractivity contribution in [3.8, 4) is 0 Å². The van der Waals surface area contributed by atoms with Crippen molar-refractivity contribution in [1.29, 1.82) is 0 Å². The number of alkyl halides is 3. The van der Waals surface area contributed by atoms with Gasteiger partial charge in [0.25, 0.3) is 5.91 Å². The highest BCUT2D eigenvalue weighted by Crippen LogP contribution is 2.30. The summed E-state index contributed by atoms with van der Waals surface area (Å²) in [6.07, 6.45) is 4.35. The van der Waals surface area contributed by atoms with Crippen LogP contribution in [0.4, 0.5) is 18.9 Å². The number of hydrogen-bond donors (Lipinski definition) is 2. The van der Waals surface area contributed by atoms with Crippen molar-refractivity contribution in [1.82, 2.24) is 10.3 Å². The molecular formula is C20H21F3N4O. The standard InChI is InChI=1S/C20H21F3N4O/c1-3-6-13(4-2)19(28)27-17-8-5-7-16(24)15(17)12-26-14-9-10-25-18(11-14)20(21,22)23/h3-4,6,9-12,17H,1-2,5,7-8,24H2,(H,27,28)/b13-6+,26-12?. The first kappa shape index (κ1) is 21.1. The number of pyridine rings is 1. The van der Waals surface area contributed by atoms with E-state index in [4.69, 9.17) is 5.73 Å². The van der Waals surface area contributed by atoms with E-state index in [1.54, 1.807) is 0 Å². The molecule has 0 fully saturated rings. The van der Waals surface area contributed by atoms with Crippen molar-refractivity contribution in [2.24, 2.45) is 10.7 Å². The Balaban J connectivity index is 2.25. The molecule has 2 rings (SSSR count). The number of amides is 1. The molecule has 5 nitrogen and oxygen atoms in total. The first-order valence-corrected chi connectivity index (χ1v) is 8.58. The number of aliphatic imine (C=N–C) groups is 1. The number of carbonyl (C=O) groups excluding carboxylic acids is 1. The van der Waals surface area contributed by atoms with E-state index in [0.29, 0.717) is 29.7 Å². The lowest BCUT2D eigenvalue weighted by atomic mass is 9.92. The highest BCUT2D eigenvalue weighted by molar-refractivity contribution is 5.97. The van der Waals surface area contributed by atoms with E-state index in [0.717, 1.165) is 18.7 Å². The average Bonchev–Trinajstić information content (AvgIpc) is 2.65. The normalized spacial score (nSPS) is 18.2. The molecule has 0 aromatic carbocycles. The number of hydrogen-bond acceptors (Lipinski definition) is 4. The highest BCUT2D eigenvalue weighted by Gasteiger charge is 2.32. The zero-order chi connectivity index (χ0) is 20.7. The lowest BCUT2D eigenvalue weighted by Crippen LogP contribution is -2.40. The van der Waals surface area contributed by atoms with Crippen molar-refractivity contribution < 1.29 is 18.0 Å². The summed E-state index contributed by atoms with van der Waals surface area (Å²) in [4.78, 5) is 19.8. The molecule has 1 atom stereocenters. The lowest BCUT2D eigenvalue weighted by molar-refractivity contribution is -0.141. The second-order valence-corrected chi connectivity index (χ2v) is 6.12. The molecule has 0 saturated carbocycles. The molecule has 1 aromatic heterocycles. The predicted octanol–water partition coefficient (Wildman–Crippen LogP) is 3.98. The van der Waals surface area contributed by atoms with E-state index >= 15 is 0 Å². The molecule has 1 amide bonds. The Bertz CT molecular complexity index is 853. The number of carbonyl (C=O) groups is 1. The van der Waals surface area contributed by atoms with Crippen LogP contribution in [-0.2, 0) is 11.0 Å². The maximum absolute atomic E-state index is 12.8. The van der Waals surface area contributed by atoms with E-state index in [1.807, 2.05) is 0 Å². The van der Waals surface area contributed by atoms with Crippen LogP contribution in [0.5, 0.6) is 0 Å². The molecule has 0 saturated heterocycles. The molecule has 1 aromatic rings. The third kappa shape index (κ3) is 5.42. The summed E-state index contributed by atoms with van der Waals surface area (Å²) in [6, 6.07) is 1.82. The largest absolute Gasteiger partial charge is 0.433 e. The van der Waals surface area contributed by atoms with Crippen LogP contribution >= 0.6 is 0 Å². The zero-order valence-electron chi connectivity index (χ0n) is 15.2. The van der Waals surface area contributed by atoms with Crippen molar-refractivity contribution in [2.45, 2.75) is 31.5 Å². The van der Waals surface area contributed by atoms with Crippen LogP contribution in [0.1, 0.15) is 25.0 Å². The Hall–Kier alpha value is -3.16. The van der Waals surface area contributed by atoms with Gasteiger partial charge in [-0.1, -0.05) is 31.4 Å². The van der Waals surface area contributed by atoms with Crippen molar-refractivity contribution in [2.75, 3.05) is 0 Å². The van der Waals surface area contributed by atoms with Crippen LogP contribution < -0.4 is 11.1 Å². The minimum Gasteiger partial charge on any atom is -0.402 e. The molecule has 0 aliphatic heterocycles. The number of aromatic nitrogens is 1. The fourth-order valence-corrected chi connectivity index (χ4v) is 2.75. The van der Waals surface area contributed by atoms with Gasteiger partial charge in [0, 0.05) is 29.3 Å². The highest BCUT2D eigenvalue weighted by atomic mass is 19.4. The molecule has 0 bridgehead atoms. The van der Waals surface area contributed by atoms with Crippen molar-refractivity contribution >= 4 is 17.8 Å². The number of nitrogens with one attached hydrogen (secondary N) is 1. The van der Waals surface area contributed by atoms with Gasteiger partial charge in [0.05, 0.1) is 11.7 Å². The van der Waals surface area contributed by atoms with Gasteiger partial charge in [-0.15, -0.1) is 0 Å². The smallest absolute Gasteiger partial charge is 0.402 e. The second-order valence-electron chi connectivity index (χ2n) is 6.12. The zero-order valence-corrected chi connectivity index (χ0v) is 15.2. The van der Waals surface area contributed by atoms with Gasteiger partial charge in [-0.3, -0.25) is 14.8 Å². The molecule has 1 aliphatic carbocycles. The van der Waals surface area contributed by atoms with Gasteiger partial charge in [0.15, 0.2) is 0 Å². The minimum absolute atomic E-state index is 0.0941. The molecule has 3 N–H and O–H groups in total. The third-order valence-corrected chi connectivity index (χ3v) is 4.16. The van der Waals surface area contributed by atoms with Crippen molar-refractivity contribution in [3.63, 3.8) is 0 Å². The maximum atomic E-state index is 12.8. The van der Waals surface area contributed by atoms with E-state index in [1.165, 1.54) is 30.5 Å². The molecular weight excluding hydrogens is 369 g/mol. The number of allylic oxidation sites excluding steroid dienone is 3. The van der Waals surface area contributed by atoms with Crippen LogP contribution in [-0.4, -0.2) is 23.1 Å². The Morgan fingerprint density at radius 2 is 2.14 bits per heavy atom. The summed E-state index contributed by atoms with van der Waals surface area (Å²) < 4.78 is 38.4. The average molecular weight is 390 g/mol. The first-order valence-electron chi connectivity index (χ1n) is 8.58. The molecule has 1 unspecified atom stereocenters. The third-order valence-electron chi connectivity index (χ3n) is 4.16. The van der Waals surface area contributed by atoms with Crippen LogP contribution in [0.15, 0.2) is 71.6 Å². The summed E-state index contributed by atoms with van der Waals surface area (Å²) >= 11 is 0. The topological polar surface area (TPSA) is 80.4 Å². The number of rotatable bonds is 6. The first-order chi connectivity index (χ1) is 13.3. The van der Waals surface area contributed by atoms with Crippen LogP contribution in [0.2, 0.25) is 0 Å².